The van der Waals surface area contributed by atoms with Crippen molar-refractivity contribution in [3.8, 4) is 0 Å². The highest BCUT2D eigenvalue weighted by Crippen LogP contribution is 2.25. The largest absolute Gasteiger partial charge is 0.351 e. The Labute approximate surface area is 160 Å². The molecule has 0 bridgehead atoms. The van der Waals surface area contributed by atoms with Crippen LogP contribution in [0, 0.1) is 12.3 Å². The number of carbonyl (C=O) groups excluding carboxylic acids is 2. The molecule has 2 rings (SSSR count). The molecule has 0 atom stereocenters. The van der Waals surface area contributed by atoms with Crippen molar-refractivity contribution in [1.82, 2.24) is 5.32 Å². The van der Waals surface area contributed by atoms with E-state index < -0.39 is 5.41 Å². The zero-order valence-corrected chi connectivity index (χ0v) is 16.4. The van der Waals surface area contributed by atoms with Gasteiger partial charge in [0.25, 0.3) is 0 Å². The highest BCUT2D eigenvalue weighted by atomic mass is 35.5. The van der Waals surface area contributed by atoms with Crippen LogP contribution in [0.25, 0.3) is 0 Å². The number of hydrogen-bond donors (Lipinski definition) is 1. The summed E-state index contributed by atoms with van der Waals surface area (Å²) < 4.78 is 0. The molecule has 0 radical (unpaired) electrons. The molecule has 0 saturated heterocycles. The number of nitrogens with one attached hydrogen (secondary N) is 1. The van der Waals surface area contributed by atoms with E-state index in [1.165, 1.54) is 0 Å². The van der Waals surface area contributed by atoms with Gasteiger partial charge in [0.15, 0.2) is 0 Å². The second-order valence-corrected chi connectivity index (χ2v) is 7.19. The first-order valence-corrected chi connectivity index (χ1v) is 9.05. The Morgan fingerprint density at radius 3 is 2.42 bits per heavy atom. The van der Waals surface area contributed by atoms with Crippen LogP contribution in [0.3, 0.4) is 0 Å². The second kappa shape index (κ2) is 8.37. The summed E-state index contributed by atoms with van der Waals surface area (Å²) in [6.45, 7) is 7.95. The van der Waals surface area contributed by atoms with Crippen LogP contribution >= 0.6 is 11.6 Å². The molecule has 2 aromatic carbocycles. The van der Waals surface area contributed by atoms with Crippen molar-refractivity contribution in [3.05, 3.63) is 64.7 Å². The van der Waals surface area contributed by atoms with Crippen LogP contribution < -0.4 is 10.2 Å². The first kappa shape index (κ1) is 20.0. The fraction of sp³-hybridized carbons (Fsp3) is 0.333. The molecular formula is C21H25ClN2O2. The zero-order valence-electron chi connectivity index (χ0n) is 15.7. The van der Waals surface area contributed by atoms with Crippen LogP contribution in [0.5, 0.6) is 0 Å². The molecule has 1 N–H and O–H groups in total. The summed E-state index contributed by atoms with van der Waals surface area (Å²) >= 11 is 6.13. The summed E-state index contributed by atoms with van der Waals surface area (Å²) in [7, 11) is 0. The van der Waals surface area contributed by atoms with Gasteiger partial charge in [-0.05, 0) is 57.0 Å². The summed E-state index contributed by atoms with van der Waals surface area (Å²) in [6.07, 6.45) is 0. The maximum absolute atomic E-state index is 13.1. The van der Waals surface area contributed by atoms with Crippen molar-refractivity contribution >= 4 is 29.1 Å². The number of carbonyl (C=O) groups is 2. The van der Waals surface area contributed by atoms with Crippen molar-refractivity contribution in [1.29, 1.82) is 0 Å². The molecule has 138 valence electrons. The van der Waals surface area contributed by atoms with E-state index in [9.17, 15) is 9.59 Å². The fourth-order valence-corrected chi connectivity index (χ4v) is 2.91. The number of aryl methyl sites for hydroxylation is 1. The number of hydrogen-bond acceptors (Lipinski definition) is 2. The van der Waals surface area contributed by atoms with Crippen molar-refractivity contribution in [2.24, 2.45) is 5.41 Å². The molecule has 2 amide bonds. The third-order valence-electron chi connectivity index (χ3n) is 4.37. The van der Waals surface area contributed by atoms with Crippen molar-refractivity contribution in [3.63, 3.8) is 0 Å². The second-order valence-electron chi connectivity index (χ2n) is 6.79. The van der Waals surface area contributed by atoms with E-state index in [1.54, 1.807) is 24.8 Å². The van der Waals surface area contributed by atoms with Gasteiger partial charge in [-0.1, -0.05) is 41.9 Å². The first-order valence-electron chi connectivity index (χ1n) is 8.67. The van der Waals surface area contributed by atoms with Crippen molar-refractivity contribution in [2.75, 3.05) is 11.4 Å². The van der Waals surface area contributed by atoms with Gasteiger partial charge in [0.1, 0.15) is 5.41 Å². The highest BCUT2D eigenvalue weighted by Gasteiger charge is 2.39. The number of benzene rings is 2. The topological polar surface area (TPSA) is 49.4 Å². The summed E-state index contributed by atoms with van der Waals surface area (Å²) in [5, 5.41) is 3.42. The molecule has 0 aromatic heterocycles. The van der Waals surface area contributed by atoms with E-state index in [0.717, 1.165) is 16.8 Å². The summed E-state index contributed by atoms with van der Waals surface area (Å²) in [4.78, 5) is 27.4. The van der Waals surface area contributed by atoms with Crippen molar-refractivity contribution < 1.29 is 9.59 Å². The standard InChI is InChI=1S/C21H25ClN2O2/c1-5-24(17-11-8-9-15(2)13-17)20(26)21(3,4)19(25)23-14-16-10-6-7-12-18(16)22/h6-13H,5,14H2,1-4H3,(H,23,25). The lowest BCUT2D eigenvalue weighted by Crippen LogP contribution is -2.49. The van der Waals surface area contributed by atoms with E-state index in [1.807, 2.05) is 56.3 Å². The molecule has 2 aromatic rings. The fourth-order valence-electron chi connectivity index (χ4n) is 2.71. The molecule has 0 unspecified atom stereocenters. The van der Waals surface area contributed by atoms with Gasteiger partial charge in [-0.2, -0.15) is 0 Å². The summed E-state index contributed by atoms with van der Waals surface area (Å²) in [6, 6.07) is 15.0. The lowest BCUT2D eigenvalue weighted by molar-refractivity contribution is -0.139. The molecule has 4 nitrogen and oxygen atoms in total. The van der Waals surface area contributed by atoms with Crippen molar-refractivity contribution in [2.45, 2.75) is 34.2 Å². The van der Waals surface area contributed by atoms with Crippen LogP contribution in [0.4, 0.5) is 5.69 Å². The zero-order chi connectivity index (χ0) is 19.3. The maximum Gasteiger partial charge on any atom is 0.242 e. The number of amides is 2. The van der Waals surface area contributed by atoms with E-state index in [-0.39, 0.29) is 18.4 Å². The van der Waals surface area contributed by atoms with E-state index >= 15 is 0 Å². The van der Waals surface area contributed by atoms with Crippen LogP contribution in [0.2, 0.25) is 5.02 Å². The van der Waals surface area contributed by atoms with Gasteiger partial charge in [0.2, 0.25) is 11.8 Å². The third kappa shape index (κ3) is 4.44. The molecule has 0 aliphatic rings. The molecule has 0 aliphatic carbocycles. The molecule has 0 saturated carbocycles. The van der Waals surface area contributed by atoms with Gasteiger partial charge in [0.05, 0.1) is 0 Å². The Bertz CT molecular complexity index is 802. The minimum Gasteiger partial charge on any atom is -0.351 e. The lowest BCUT2D eigenvalue weighted by atomic mass is 9.89. The van der Waals surface area contributed by atoms with E-state index in [2.05, 4.69) is 5.32 Å². The van der Waals surface area contributed by atoms with E-state index in [0.29, 0.717) is 11.6 Å². The van der Waals surface area contributed by atoms with Crippen LogP contribution in [0.15, 0.2) is 48.5 Å². The Morgan fingerprint density at radius 2 is 1.81 bits per heavy atom. The minimum atomic E-state index is -1.19. The smallest absolute Gasteiger partial charge is 0.242 e. The minimum absolute atomic E-state index is 0.234. The first-order chi connectivity index (χ1) is 12.3. The normalized spacial score (nSPS) is 11.1. The average Bonchev–Trinajstić information content (AvgIpc) is 2.61. The Hall–Kier alpha value is -2.33. The Morgan fingerprint density at radius 1 is 1.12 bits per heavy atom. The number of rotatable bonds is 6. The average molecular weight is 373 g/mol. The van der Waals surface area contributed by atoms with Gasteiger partial charge in [0, 0.05) is 23.8 Å². The molecule has 0 heterocycles. The van der Waals surface area contributed by atoms with Gasteiger partial charge in [-0.25, -0.2) is 0 Å². The van der Waals surface area contributed by atoms with E-state index in [4.69, 9.17) is 11.6 Å². The SMILES string of the molecule is CCN(C(=O)C(C)(C)C(=O)NCc1ccccc1Cl)c1cccc(C)c1. The van der Waals surface area contributed by atoms with Gasteiger partial charge >= 0.3 is 0 Å². The van der Waals surface area contributed by atoms with Gasteiger partial charge < -0.3 is 10.2 Å². The predicted molar refractivity (Wildman–Crippen MR) is 106 cm³/mol. The van der Waals surface area contributed by atoms with Crippen LogP contribution in [-0.4, -0.2) is 18.4 Å². The number of halogens is 1. The highest BCUT2D eigenvalue weighted by molar-refractivity contribution is 6.31. The predicted octanol–water partition coefficient (Wildman–Crippen LogP) is 4.34. The Balaban J connectivity index is 2.14. The van der Waals surface area contributed by atoms with Crippen LogP contribution in [0.1, 0.15) is 31.9 Å². The lowest BCUT2D eigenvalue weighted by Gasteiger charge is -2.30. The van der Waals surface area contributed by atoms with Crippen LogP contribution in [-0.2, 0) is 16.1 Å². The quantitative estimate of drug-likeness (QED) is 0.766. The Kier molecular flexibility index (Phi) is 6.43. The molecule has 0 spiro atoms. The summed E-state index contributed by atoms with van der Waals surface area (Å²) in [5.74, 6) is -0.559. The molecular weight excluding hydrogens is 348 g/mol. The summed E-state index contributed by atoms with van der Waals surface area (Å²) in [5.41, 5.74) is 1.48. The molecule has 5 heteroatoms. The molecule has 26 heavy (non-hydrogen) atoms. The molecule has 0 fully saturated rings. The van der Waals surface area contributed by atoms with Gasteiger partial charge in [-0.3, -0.25) is 9.59 Å². The number of nitrogens with zero attached hydrogens (tertiary/aromatic N) is 1. The van der Waals surface area contributed by atoms with Gasteiger partial charge in [-0.15, -0.1) is 0 Å². The monoisotopic (exact) mass is 372 g/mol. The third-order valence-corrected chi connectivity index (χ3v) is 4.74. The molecule has 0 aliphatic heterocycles. The maximum atomic E-state index is 13.1. The number of anilines is 1.